The van der Waals surface area contributed by atoms with Crippen LogP contribution in [0.1, 0.15) is 46.0 Å². The minimum Gasteiger partial charge on any atom is -0.481 e. The van der Waals surface area contributed by atoms with Crippen molar-refractivity contribution in [2.24, 2.45) is 5.41 Å². The van der Waals surface area contributed by atoms with E-state index >= 15 is 0 Å². The Hall–Kier alpha value is -1.85. The van der Waals surface area contributed by atoms with Crippen LogP contribution in [0.2, 0.25) is 0 Å². The van der Waals surface area contributed by atoms with E-state index in [2.05, 4.69) is 6.58 Å². The Balaban J connectivity index is 5.16. The number of rotatable bonds is 10. The van der Waals surface area contributed by atoms with E-state index in [1.54, 1.807) is 0 Å². The molecule has 0 spiro atoms. The minimum absolute atomic E-state index is 0.0403. The van der Waals surface area contributed by atoms with Gasteiger partial charge >= 0.3 is 17.9 Å². The average Bonchev–Trinajstić information content (AvgIpc) is 2.39. The van der Waals surface area contributed by atoms with Gasteiger partial charge in [-0.15, -0.1) is 0 Å². The molecule has 0 saturated carbocycles. The molecule has 0 fully saturated rings. The fourth-order valence-corrected chi connectivity index (χ4v) is 1.90. The van der Waals surface area contributed by atoms with E-state index in [0.717, 1.165) is 12.5 Å². The van der Waals surface area contributed by atoms with Gasteiger partial charge in [-0.05, 0) is 19.8 Å². The van der Waals surface area contributed by atoms with Gasteiger partial charge < -0.3 is 14.9 Å². The largest absolute Gasteiger partial charge is 0.481 e. The van der Waals surface area contributed by atoms with E-state index in [0.29, 0.717) is 12.8 Å². The van der Waals surface area contributed by atoms with Crippen LogP contribution in [0.25, 0.3) is 0 Å². The molecule has 0 aliphatic rings. The summed E-state index contributed by atoms with van der Waals surface area (Å²) in [6, 6.07) is 0. The molecule has 0 aliphatic carbocycles. The van der Waals surface area contributed by atoms with Gasteiger partial charge in [-0.1, -0.05) is 26.3 Å². The third kappa shape index (κ3) is 5.42. The normalized spacial score (nSPS) is 14.9. The second-order valence-electron chi connectivity index (χ2n) is 4.89. The van der Waals surface area contributed by atoms with Crippen LogP contribution in [0, 0.1) is 5.41 Å². The molecular formula is C14H22O6. The predicted octanol–water partition coefficient (Wildman–Crippen LogP) is 2.23. The molecule has 2 N–H and O–H groups in total. The maximum absolute atomic E-state index is 11.5. The Bertz CT molecular complexity index is 376. The number of carbonyl (C=O) groups is 3. The van der Waals surface area contributed by atoms with Gasteiger partial charge in [0.2, 0.25) is 0 Å². The first-order valence-electron chi connectivity index (χ1n) is 6.56. The summed E-state index contributed by atoms with van der Waals surface area (Å²) in [6.45, 7) is 6.66. The van der Waals surface area contributed by atoms with Gasteiger partial charge in [-0.3, -0.25) is 9.59 Å². The van der Waals surface area contributed by atoms with Crippen LogP contribution in [-0.2, 0) is 19.1 Å². The Morgan fingerprint density at radius 2 is 1.95 bits per heavy atom. The summed E-state index contributed by atoms with van der Waals surface area (Å²) < 4.78 is 5.07. The average molecular weight is 286 g/mol. The van der Waals surface area contributed by atoms with Crippen molar-refractivity contribution in [3.8, 4) is 0 Å². The van der Waals surface area contributed by atoms with Gasteiger partial charge in [0.25, 0.3) is 0 Å². The fourth-order valence-electron chi connectivity index (χ4n) is 1.90. The molecule has 0 amide bonds. The number of carboxylic acid groups (broad SMARTS) is 2. The summed E-state index contributed by atoms with van der Waals surface area (Å²) in [5, 5.41) is 18.1. The molecule has 0 aromatic carbocycles. The highest BCUT2D eigenvalue weighted by atomic mass is 16.5. The first-order valence-corrected chi connectivity index (χ1v) is 6.56. The molecule has 0 heterocycles. The molecule has 6 nitrogen and oxygen atoms in total. The monoisotopic (exact) mass is 286 g/mol. The van der Waals surface area contributed by atoms with E-state index in [1.165, 1.54) is 6.92 Å². The van der Waals surface area contributed by atoms with Crippen LogP contribution in [0.5, 0.6) is 0 Å². The Morgan fingerprint density at radius 1 is 1.35 bits per heavy atom. The molecule has 0 bridgehead atoms. The van der Waals surface area contributed by atoms with Crippen LogP contribution < -0.4 is 0 Å². The van der Waals surface area contributed by atoms with Crippen molar-refractivity contribution in [2.75, 3.05) is 0 Å². The third-order valence-electron chi connectivity index (χ3n) is 3.29. The number of ether oxygens (including phenoxy) is 1. The van der Waals surface area contributed by atoms with Gasteiger partial charge in [-0.25, -0.2) is 4.79 Å². The van der Waals surface area contributed by atoms with Crippen molar-refractivity contribution in [3.63, 3.8) is 0 Å². The first kappa shape index (κ1) is 18.1. The number of hydrogen-bond donors (Lipinski definition) is 2. The minimum atomic E-state index is -1.30. The van der Waals surface area contributed by atoms with Crippen molar-refractivity contribution in [1.82, 2.24) is 0 Å². The summed E-state index contributed by atoms with van der Waals surface area (Å²) in [5.41, 5.74) is -1.30. The highest BCUT2D eigenvalue weighted by molar-refractivity contribution is 5.82. The lowest BCUT2D eigenvalue weighted by Gasteiger charge is -2.33. The fraction of sp³-hybridized carbons (Fsp3) is 0.643. The van der Waals surface area contributed by atoms with Gasteiger partial charge in [0.05, 0.1) is 0 Å². The van der Waals surface area contributed by atoms with Gasteiger partial charge in [0, 0.05) is 12.5 Å². The zero-order chi connectivity index (χ0) is 15.8. The molecule has 6 heteroatoms. The lowest BCUT2D eigenvalue weighted by Crippen LogP contribution is -2.43. The summed E-state index contributed by atoms with van der Waals surface area (Å²) in [5.74, 6) is -2.91. The molecule has 0 saturated heterocycles. The van der Waals surface area contributed by atoms with Gasteiger partial charge in [-0.2, -0.15) is 0 Å². The van der Waals surface area contributed by atoms with Crippen molar-refractivity contribution in [1.29, 1.82) is 0 Å². The molecule has 0 rings (SSSR count). The highest BCUT2D eigenvalue weighted by Crippen LogP contribution is 2.34. The highest BCUT2D eigenvalue weighted by Gasteiger charge is 2.43. The molecular weight excluding hydrogens is 264 g/mol. The summed E-state index contributed by atoms with van der Waals surface area (Å²) >= 11 is 0. The van der Waals surface area contributed by atoms with Crippen molar-refractivity contribution < 1.29 is 29.3 Å². The van der Waals surface area contributed by atoms with Crippen molar-refractivity contribution >= 4 is 17.9 Å². The number of hydrogen-bond acceptors (Lipinski definition) is 4. The van der Waals surface area contributed by atoms with Gasteiger partial charge in [0.15, 0.2) is 0 Å². The SMILES string of the molecule is C=CC(=O)OC(CCC(=O)O)C(C)(CCCC)C(=O)O. The zero-order valence-electron chi connectivity index (χ0n) is 11.9. The summed E-state index contributed by atoms with van der Waals surface area (Å²) in [7, 11) is 0. The lowest BCUT2D eigenvalue weighted by atomic mass is 9.77. The van der Waals surface area contributed by atoms with E-state index < -0.39 is 29.4 Å². The Labute approximate surface area is 118 Å². The maximum atomic E-state index is 11.5. The van der Waals surface area contributed by atoms with E-state index in [4.69, 9.17) is 9.84 Å². The maximum Gasteiger partial charge on any atom is 0.330 e. The van der Waals surface area contributed by atoms with E-state index in [9.17, 15) is 19.5 Å². The van der Waals surface area contributed by atoms with Crippen molar-refractivity contribution in [3.05, 3.63) is 12.7 Å². The summed E-state index contributed by atoms with van der Waals surface area (Å²) in [4.78, 5) is 33.5. The predicted molar refractivity (Wildman–Crippen MR) is 72.2 cm³/mol. The number of carbonyl (C=O) groups excluding carboxylic acids is 1. The second kappa shape index (κ2) is 8.35. The van der Waals surface area contributed by atoms with Gasteiger partial charge in [0.1, 0.15) is 11.5 Å². The first-order chi connectivity index (χ1) is 9.27. The zero-order valence-corrected chi connectivity index (χ0v) is 11.9. The number of esters is 1. The quantitative estimate of drug-likeness (QED) is 0.472. The van der Waals surface area contributed by atoms with Crippen LogP contribution >= 0.6 is 0 Å². The van der Waals surface area contributed by atoms with Crippen LogP contribution in [-0.4, -0.2) is 34.2 Å². The molecule has 0 aromatic rings. The van der Waals surface area contributed by atoms with E-state index in [-0.39, 0.29) is 12.8 Å². The Kier molecular flexibility index (Phi) is 7.57. The molecule has 0 aliphatic heterocycles. The molecule has 20 heavy (non-hydrogen) atoms. The second-order valence-corrected chi connectivity index (χ2v) is 4.89. The number of aliphatic carboxylic acids is 2. The molecule has 2 atom stereocenters. The lowest BCUT2D eigenvalue weighted by molar-refractivity contribution is -0.167. The third-order valence-corrected chi connectivity index (χ3v) is 3.29. The molecule has 2 unspecified atom stereocenters. The van der Waals surface area contributed by atoms with Crippen LogP contribution in [0.3, 0.4) is 0 Å². The Morgan fingerprint density at radius 3 is 2.35 bits per heavy atom. The standard InChI is InChI=1S/C14H22O6/c1-4-6-9-14(3,13(18)19)10(7-8-11(15)16)20-12(17)5-2/h5,10H,2,4,6-9H2,1,3H3,(H,15,16)(H,18,19). The number of carboxylic acids is 2. The number of unbranched alkanes of at least 4 members (excludes halogenated alkanes) is 1. The smallest absolute Gasteiger partial charge is 0.330 e. The molecule has 0 aromatic heterocycles. The van der Waals surface area contributed by atoms with Crippen molar-refractivity contribution in [2.45, 2.75) is 52.1 Å². The van der Waals surface area contributed by atoms with Crippen LogP contribution in [0.4, 0.5) is 0 Å². The van der Waals surface area contributed by atoms with Crippen LogP contribution in [0.15, 0.2) is 12.7 Å². The molecule has 114 valence electrons. The molecule has 0 radical (unpaired) electrons. The topological polar surface area (TPSA) is 101 Å². The van der Waals surface area contributed by atoms with E-state index in [1.807, 2.05) is 6.92 Å². The summed E-state index contributed by atoms with van der Waals surface area (Å²) in [6.07, 6.45) is 1.41.